The first-order valence-corrected chi connectivity index (χ1v) is 5.89. The zero-order chi connectivity index (χ0) is 12.7. The lowest BCUT2D eigenvalue weighted by Crippen LogP contribution is -2.38. The highest BCUT2D eigenvalue weighted by Gasteiger charge is 2.10. The van der Waals surface area contributed by atoms with Crippen LogP contribution >= 0.6 is 0 Å². The maximum atomic E-state index is 5.56. The van der Waals surface area contributed by atoms with Gasteiger partial charge in [0.1, 0.15) is 11.5 Å². The molecule has 1 rings (SSSR count). The normalized spacial score (nSPS) is 13.2. The summed E-state index contributed by atoms with van der Waals surface area (Å²) in [6, 6.07) is 4.03. The van der Waals surface area contributed by atoms with Gasteiger partial charge in [0.2, 0.25) is 0 Å². The Labute approximate surface area is 103 Å². The van der Waals surface area contributed by atoms with Crippen LogP contribution in [0.5, 0.6) is 0 Å². The molecule has 1 atom stereocenters. The van der Waals surface area contributed by atoms with Gasteiger partial charge >= 0.3 is 0 Å². The number of aryl methyl sites for hydroxylation is 1. The number of hydrogen-bond donors (Lipinski definition) is 2. The average Bonchev–Trinajstić information content (AvgIpc) is 2.73. The number of guanidine groups is 1. The summed E-state index contributed by atoms with van der Waals surface area (Å²) in [5.74, 6) is 2.60. The van der Waals surface area contributed by atoms with E-state index in [0.717, 1.165) is 24.0 Å². The van der Waals surface area contributed by atoms with E-state index in [9.17, 15) is 0 Å². The molecule has 0 bridgehead atoms. The molecule has 1 heterocycles. The molecule has 0 aromatic carbocycles. The van der Waals surface area contributed by atoms with Crippen LogP contribution in [-0.2, 0) is 0 Å². The van der Waals surface area contributed by atoms with Gasteiger partial charge in [-0.1, -0.05) is 6.08 Å². The fraction of sp³-hybridized carbons (Fsp3) is 0.462. The molecule has 0 radical (unpaired) electrons. The molecule has 94 valence electrons. The third kappa shape index (κ3) is 4.34. The lowest BCUT2D eigenvalue weighted by molar-refractivity contribution is 0.441. The predicted molar refractivity (Wildman–Crippen MR) is 71.2 cm³/mol. The van der Waals surface area contributed by atoms with Gasteiger partial charge in [-0.2, -0.15) is 0 Å². The highest BCUT2D eigenvalue weighted by Crippen LogP contribution is 2.15. The van der Waals surface area contributed by atoms with Crippen molar-refractivity contribution < 1.29 is 4.42 Å². The Morgan fingerprint density at radius 1 is 1.59 bits per heavy atom. The summed E-state index contributed by atoms with van der Waals surface area (Å²) in [6.07, 6.45) is 1.76. The van der Waals surface area contributed by atoms with E-state index in [4.69, 9.17) is 4.42 Å². The first-order valence-electron chi connectivity index (χ1n) is 5.89. The molecule has 1 unspecified atom stereocenters. The van der Waals surface area contributed by atoms with Crippen LogP contribution in [0.2, 0.25) is 0 Å². The zero-order valence-electron chi connectivity index (χ0n) is 10.8. The number of nitrogens with one attached hydrogen (secondary N) is 2. The molecule has 0 saturated heterocycles. The van der Waals surface area contributed by atoms with Crippen molar-refractivity contribution in [1.29, 1.82) is 0 Å². The molecule has 1 aromatic heterocycles. The van der Waals surface area contributed by atoms with Crippen LogP contribution in [0.25, 0.3) is 0 Å². The molecular formula is C13H21N3O. The summed E-state index contributed by atoms with van der Waals surface area (Å²) >= 11 is 0. The summed E-state index contributed by atoms with van der Waals surface area (Å²) in [4.78, 5) is 4.34. The quantitative estimate of drug-likeness (QED) is 0.468. The monoisotopic (exact) mass is 235 g/mol. The van der Waals surface area contributed by atoms with Crippen LogP contribution in [0, 0.1) is 6.92 Å². The molecule has 0 aliphatic heterocycles. The van der Waals surface area contributed by atoms with Crippen LogP contribution in [0.4, 0.5) is 0 Å². The molecule has 0 fully saturated rings. The van der Waals surface area contributed by atoms with E-state index in [1.165, 1.54) is 0 Å². The van der Waals surface area contributed by atoms with Crippen molar-refractivity contribution in [1.82, 2.24) is 10.6 Å². The predicted octanol–water partition coefficient (Wildman–Crippen LogP) is 2.39. The van der Waals surface area contributed by atoms with Gasteiger partial charge in [-0.25, -0.2) is 4.99 Å². The standard InChI is InChI=1S/C13H21N3O/c1-5-9-15-13(14-6-2)16-11(4)12-8-7-10(3)17-12/h5,7-8,11H,1,6,9H2,2-4H3,(H2,14,15,16). The summed E-state index contributed by atoms with van der Waals surface area (Å²) in [7, 11) is 0. The smallest absolute Gasteiger partial charge is 0.192 e. The van der Waals surface area contributed by atoms with Crippen molar-refractivity contribution in [3.63, 3.8) is 0 Å². The van der Waals surface area contributed by atoms with E-state index in [-0.39, 0.29) is 6.04 Å². The summed E-state index contributed by atoms with van der Waals surface area (Å²) in [5.41, 5.74) is 0. The molecule has 4 nitrogen and oxygen atoms in total. The minimum atomic E-state index is 0.0892. The first-order chi connectivity index (χ1) is 8.17. The average molecular weight is 235 g/mol. The highest BCUT2D eigenvalue weighted by molar-refractivity contribution is 5.80. The summed E-state index contributed by atoms with van der Waals surface area (Å²) < 4.78 is 5.56. The van der Waals surface area contributed by atoms with Crippen LogP contribution in [0.1, 0.15) is 31.4 Å². The SMILES string of the molecule is C=CCN=C(NCC)NC(C)c1ccc(C)o1. The maximum absolute atomic E-state index is 5.56. The van der Waals surface area contributed by atoms with E-state index in [0.29, 0.717) is 6.54 Å². The van der Waals surface area contributed by atoms with E-state index >= 15 is 0 Å². The van der Waals surface area contributed by atoms with Crippen molar-refractivity contribution in [3.05, 3.63) is 36.3 Å². The number of rotatable bonds is 5. The van der Waals surface area contributed by atoms with Crippen LogP contribution in [-0.4, -0.2) is 19.0 Å². The Kier molecular flexibility index (Phi) is 5.33. The molecule has 0 aliphatic rings. The van der Waals surface area contributed by atoms with E-state index < -0.39 is 0 Å². The summed E-state index contributed by atoms with van der Waals surface area (Å²) in [6.45, 7) is 11.1. The Bertz CT molecular complexity index is 382. The second-order valence-electron chi connectivity index (χ2n) is 3.82. The van der Waals surface area contributed by atoms with Gasteiger partial charge in [-0.15, -0.1) is 6.58 Å². The molecule has 0 spiro atoms. The Morgan fingerprint density at radius 2 is 2.35 bits per heavy atom. The van der Waals surface area contributed by atoms with Crippen LogP contribution in [0.3, 0.4) is 0 Å². The fourth-order valence-electron chi connectivity index (χ4n) is 1.44. The highest BCUT2D eigenvalue weighted by atomic mass is 16.3. The number of aliphatic imine (C=N–C) groups is 1. The molecule has 2 N–H and O–H groups in total. The van der Waals surface area contributed by atoms with Crippen molar-refractivity contribution in [3.8, 4) is 0 Å². The number of hydrogen-bond acceptors (Lipinski definition) is 2. The second kappa shape index (κ2) is 6.78. The van der Waals surface area contributed by atoms with Crippen LogP contribution in [0.15, 0.2) is 34.2 Å². The molecular weight excluding hydrogens is 214 g/mol. The van der Waals surface area contributed by atoms with Crippen molar-refractivity contribution >= 4 is 5.96 Å². The Morgan fingerprint density at radius 3 is 2.88 bits per heavy atom. The minimum Gasteiger partial charge on any atom is -0.464 e. The minimum absolute atomic E-state index is 0.0892. The third-order valence-electron chi connectivity index (χ3n) is 2.26. The maximum Gasteiger partial charge on any atom is 0.192 e. The molecule has 17 heavy (non-hydrogen) atoms. The van der Waals surface area contributed by atoms with E-state index in [1.54, 1.807) is 6.08 Å². The van der Waals surface area contributed by atoms with Gasteiger partial charge in [0.05, 0.1) is 12.6 Å². The first kappa shape index (κ1) is 13.4. The number of furan rings is 1. The van der Waals surface area contributed by atoms with E-state index in [2.05, 4.69) is 22.2 Å². The van der Waals surface area contributed by atoms with Crippen LogP contribution < -0.4 is 10.6 Å². The summed E-state index contributed by atoms with van der Waals surface area (Å²) in [5, 5.41) is 6.45. The largest absolute Gasteiger partial charge is 0.464 e. The van der Waals surface area contributed by atoms with Gasteiger partial charge in [0.15, 0.2) is 5.96 Å². The van der Waals surface area contributed by atoms with Gasteiger partial charge in [-0.05, 0) is 32.9 Å². The Hall–Kier alpha value is -1.71. The van der Waals surface area contributed by atoms with Gasteiger partial charge in [-0.3, -0.25) is 0 Å². The third-order valence-corrected chi connectivity index (χ3v) is 2.26. The molecule has 4 heteroatoms. The number of nitrogens with zero attached hydrogens (tertiary/aromatic N) is 1. The second-order valence-corrected chi connectivity index (χ2v) is 3.82. The lowest BCUT2D eigenvalue weighted by Gasteiger charge is -2.15. The zero-order valence-corrected chi connectivity index (χ0v) is 10.8. The lowest BCUT2D eigenvalue weighted by atomic mass is 10.2. The Balaban J connectivity index is 2.63. The van der Waals surface area contributed by atoms with Gasteiger partial charge < -0.3 is 15.1 Å². The molecule has 0 amide bonds. The van der Waals surface area contributed by atoms with Crippen molar-refractivity contribution in [2.24, 2.45) is 4.99 Å². The molecule has 0 saturated carbocycles. The van der Waals surface area contributed by atoms with Gasteiger partial charge in [0, 0.05) is 6.54 Å². The van der Waals surface area contributed by atoms with Crippen molar-refractivity contribution in [2.45, 2.75) is 26.8 Å². The van der Waals surface area contributed by atoms with E-state index in [1.807, 2.05) is 32.9 Å². The van der Waals surface area contributed by atoms with Gasteiger partial charge in [0.25, 0.3) is 0 Å². The van der Waals surface area contributed by atoms with Crippen molar-refractivity contribution in [2.75, 3.05) is 13.1 Å². The molecule has 0 aliphatic carbocycles. The molecule has 1 aromatic rings. The fourth-order valence-corrected chi connectivity index (χ4v) is 1.44. The topological polar surface area (TPSA) is 49.6 Å².